The van der Waals surface area contributed by atoms with Gasteiger partial charge in [0.2, 0.25) is 0 Å². The van der Waals surface area contributed by atoms with Gasteiger partial charge in [0.25, 0.3) is 0 Å². The zero-order valence-electron chi connectivity index (χ0n) is 77.6. The van der Waals surface area contributed by atoms with Gasteiger partial charge in [-0.3, -0.25) is 0 Å². The second-order valence-corrected chi connectivity index (χ2v) is 86.4. The van der Waals surface area contributed by atoms with Crippen LogP contribution < -0.4 is 57.3 Å². The summed E-state index contributed by atoms with van der Waals surface area (Å²) in [4.78, 5) is 0. The number of hydrogen-bond donors (Lipinski definition) is 10. The van der Waals surface area contributed by atoms with E-state index in [0.717, 1.165) is 317 Å². The summed E-state index contributed by atoms with van der Waals surface area (Å²) in [5.74, 6) is 0. The molecule has 0 amide bonds. The molecular formula is C78H194N10O12Si13. The normalized spacial score (nSPS) is 18.2. The Kier molecular flexibility index (Phi) is 64.0. The van der Waals surface area contributed by atoms with Gasteiger partial charge in [-0.05, 0) is 308 Å². The highest BCUT2D eigenvalue weighted by atomic mass is 28.5. The van der Waals surface area contributed by atoms with Crippen LogP contribution >= 0.6 is 0 Å². The summed E-state index contributed by atoms with van der Waals surface area (Å²) in [5.41, 5.74) is 61.8. The molecule has 0 aliphatic rings. The van der Waals surface area contributed by atoms with Crippen molar-refractivity contribution in [1.29, 1.82) is 0 Å². The average molecular weight is 1830 g/mol. The lowest BCUT2D eigenvalue weighted by molar-refractivity contribution is 0.233. The smallest absolute Gasteiger partial charge is 0.317 e. The van der Waals surface area contributed by atoms with Crippen LogP contribution in [0.3, 0.4) is 0 Å². The molecule has 0 saturated carbocycles. The third-order valence-corrected chi connectivity index (χ3v) is 77.3. The van der Waals surface area contributed by atoms with Crippen molar-refractivity contribution >= 4 is 111 Å². The molecule has 680 valence electrons. The number of rotatable bonds is 84. The Bertz CT molecular complexity index is 2300. The van der Waals surface area contributed by atoms with E-state index < -0.39 is 111 Å². The summed E-state index contributed by atoms with van der Waals surface area (Å²) < 4.78 is 96.5. The van der Waals surface area contributed by atoms with E-state index in [0.29, 0.717) is 65.4 Å². The highest BCUT2D eigenvalue weighted by Gasteiger charge is 2.58. The third kappa shape index (κ3) is 60.2. The lowest BCUT2D eigenvalue weighted by Gasteiger charge is -2.49. The van der Waals surface area contributed by atoms with Gasteiger partial charge < -0.3 is 107 Å². The van der Waals surface area contributed by atoms with Crippen LogP contribution in [-0.2, 0) is 49.4 Å². The van der Waals surface area contributed by atoms with Crippen molar-refractivity contribution in [2.75, 3.05) is 65.4 Å². The molecule has 20 N–H and O–H groups in total. The molecule has 10 atom stereocenters. The molecule has 0 aliphatic heterocycles. The molecule has 0 spiro atoms. The van der Waals surface area contributed by atoms with Crippen molar-refractivity contribution in [3.63, 3.8) is 0 Å². The summed E-state index contributed by atoms with van der Waals surface area (Å²) in [6.45, 7) is 48.6. The molecule has 22 nitrogen and oxygen atoms in total. The van der Waals surface area contributed by atoms with Crippen LogP contribution in [0.5, 0.6) is 0 Å². The highest BCUT2D eigenvalue weighted by Crippen LogP contribution is 2.43. The predicted molar refractivity (Wildman–Crippen MR) is 517 cm³/mol. The molecule has 0 heterocycles. The Balaban J connectivity index is 9.36. The molecule has 0 aromatic rings. The highest BCUT2D eigenvalue weighted by molar-refractivity contribution is 6.95. The van der Waals surface area contributed by atoms with Crippen LogP contribution in [0.1, 0.15) is 257 Å². The summed E-state index contributed by atoms with van der Waals surface area (Å²) in [7, 11) is -38.9. The van der Waals surface area contributed by atoms with Gasteiger partial charge in [0.1, 0.15) is 0 Å². The largest absolute Gasteiger partial charge is 0.437 e. The Morgan fingerprint density at radius 1 is 0.124 bits per heavy atom. The van der Waals surface area contributed by atoms with Crippen LogP contribution in [0.2, 0.25) is 178 Å². The third-order valence-electron chi connectivity index (χ3n) is 21.3. The van der Waals surface area contributed by atoms with E-state index in [4.69, 9.17) is 107 Å². The molecule has 0 aromatic carbocycles. The fourth-order valence-electron chi connectivity index (χ4n) is 16.7. The maximum Gasteiger partial charge on any atom is 0.317 e. The van der Waals surface area contributed by atoms with E-state index in [1.165, 1.54) is 0 Å². The maximum atomic E-state index is 8.45. The van der Waals surface area contributed by atoms with Crippen LogP contribution in [-0.4, -0.2) is 176 Å². The van der Waals surface area contributed by atoms with Crippen LogP contribution in [0.25, 0.3) is 0 Å². The summed E-state index contributed by atoms with van der Waals surface area (Å²) in [6, 6.07) is 8.24. The topological polar surface area (TPSA) is 371 Å². The van der Waals surface area contributed by atoms with Crippen molar-refractivity contribution in [1.82, 2.24) is 0 Å². The molecule has 35 heteroatoms. The second-order valence-electron chi connectivity index (χ2n) is 37.7. The monoisotopic (exact) mass is 1830 g/mol. The molecule has 10 unspecified atom stereocenters. The first kappa shape index (κ1) is 115. The van der Waals surface area contributed by atoms with Gasteiger partial charge in [0, 0.05) is 0 Å². The number of nitrogens with two attached hydrogens (primary N) is 10. The van der Waals surface area contributed by atoms with Crippen molar-refractivity contribution < 1.29 is 49.4 Å². The van der Waals surface area contributed by atoms with E-state index in [1.54, 1.807) is 0 Å². The first-order valence-electron chi connectivity index (χ1n) is 46.5. The molecule has 0 bridgehead atoms. The van der Waals surface area contributed by atoms with Crippen molar-refractivity contribution in [2.24, 2.45) is 57.3 Å². The first-order chi connectivity index (χ1) is 53.1. The molecule has 0 fully saturated rings. The quantitative estimate of drug-likeness (QED) is 0.0200. The molecular weight excluding hydrogens is 1630 g/mol. The zero-order valence-corrected chi connectivity index (χ0v) is 90.6. The van der Waals surface area contributed by atoms with Crippen LogP contribution in [0.4, 0.5) is 0 Å². The Labute approximate surface area is 713 Å². The molecule has 0 aliphatic carbocycles. The number of hydrogen-bond acceptors (Lipinski definition) is 22. The molecule has 0 aromatic heterocycles. The molecule has 0 saturated heterocycles. The summed E-state index contributed by atoms with van der Waals surface area (Å²) >= 11 is 0. The van der Waals surface area contributed by atoms with E-state index in [1.807, 2.05) is 0 Å². The average Bonchev–Trinajstić information content (AvgIpc) is 0.779. The SMILES string of the molecule is C[Si](C)(C)O[Si](C)(C)O[Si](C)(CCCCCCN)O[Si](C)(CCCCCCN)O[Si](C)(CCCCCCN)O[Si](C)(CCCCCCN)O[Si](C)(CCCCCCN)O[Si](C)(CCCCCCN)O[Si](C)(CCCCCCN)O[Si](C)(CCCCCCN)O[Si](C)(CCCCCCN)O[Si](C)(CCCCCCN)O[Si](C)(C)C. The Morgan fingerprint density at radius 2 is 0.230 bits per heavy atom. The standard InChI is InChI=1S/C78H194N10O12Si13/c1-101(2,3)89-103(7,8)91-105(10,70-50-30-20-40-60-80)93-107(12,72-52-32-22-42-62-82)95-109(14,74-54-34-24-44-64-84)97-111(16,76-56-36-26-46-66-86)99-113(18,78-58-38-28-48-68-88)100-112(17,77-57-37-27-47-67-87)98-110(15,75-55-35-25-45-65-85)96-108(13,73-53-33-23-43-63-83)94-106(11,71-51-31-21-41-61-81)92-104(9,90-102(4,5)6)69-49-29-19-39-59-79/h19-88H2,1-18H3. The second kappa shape index (κ2) is 63.0. The Morgan fingerprint density at radius 3 is 0.345 bits per heavy atom. The first-order valence-corrected chi connectivity index (χ1v) is 81.4. The number of unbranched alkanes of at least 4 members (excludes halogenated alkanes) is 30. The predicted octanol–water partition coefficient (Wildman–Crippen LogP) is 19.5. The van der Waals surface area contributed by atoms with Gasteiger partial charge in [-0.2, -0.15) is 0 Å². The van der Waals surface area contributed by atoms with Crippen LogP contribution in [0.15, 0.2) is 0 Å². The van der Waals surface area contributed by atoms with E-state index in [9.17, 15) is 0 Å². The van der Waals surface area contributed by atoms with E-state index >= 15 is 0 Å². The molecule has 0 rings (SSSR count). The van der Waals surface area contributed by atoms with Crippen molar-refractivity contribution in [2.45, 2.75) is 435 Å². The fraction of sp³-hybridized carbons (Fsp3) is 1.00. The van der Waals surface area contributed by atoms with Crippen molar-refractivity contribution in [3.05, 3.63) is 0 Å². The van der Waals surface area contributed by atoms with Gasteiger partial charge in [0.05, 0.1) is 0 Å². The summed E-state index contributed by atoms with van der Waals surface area (Å²) in [5, 5.41) is 0. The minimum Gasteiger partial charge on any atom is -0.437 e. The van der Waals surface area contributed by atoms with Gasteiger partial charge in [-0.1, -0.05) is 193 Å². The fourth-order valence-corrected chi connectivity index (χ4v) is 87.9. The van der Waals surface area contributed by atoms with E-state index in [-0.39, 0.29) is 0 Å². The van der Waals surface area contributed by atoms with Gasteiger partial charge in [0.15, 0.2) is 16.6 Å². The maximum absolute atomic E-state index is 8.45. The van der Waals surface area contributed by atoms with Gasteiger partial charge >= 0.3 is 94.2 Å². The molecule has 0 radical (unpaired) electrons. The minimum atomic E-state index is -3.36. The van der Waals surface area contributed by atoms with Gasteiger partial charge in [-0.15, -0.1) is 0 Å². The van der Waals surface area contributed by atoms with Crippen molar-refractivity contribution in [3.8, 4) is 0 Å². The zero-order chi connectivity index (χ0) is 85.4. The van der Waals surface area contributed by atoms with Gasteiger partial charge in [-0.25, -0.2) is 0 Å². The lowest BCUT2D eigenvalue weighted by atomic mass is 10.2. The lowest BCUT2D eigenvalue weighted by Crippen LogP contribution is -2.66. The van der Waals surface area contributed by atoms with Crippen LogP contribution in [0, 0.1) is 0 Å². The molecule has 113 heavy (non-hydrogen) atoms. The van der Waals surface area contributed by atoms with E-state index in [2.05, 4.69) is 118 Å². The summed E-state index contributed by atoms with van der Waals surface area (Å²) in [6.07, 6.45) is 40.7. The minimum absolute atomic E-state index is 0.665. The Hall–Kier alpha value is 1.94.